The minimum Gasteiger partial charge on any atom is -0.468 e. The largest absolute Gasteiger partial charge is 0.468 e. The molecule has 0 spiro atoms. The molecule has 8 rings (SSSR count). The number of thioether (sulfide) groups is 2. The number of esters is 1. The third-order valence-corrected chi connectivity index (χ3v) is 17.1. The van der Waals surface area contributed by atoms with Crippen molar-refractivity contribution in [1.29, 1.82) is 0 Å². The number of aliphatic hydroxyl groups is 1. The lowest BCUT2D eigenvalue weighted by Gasteiger charge is -2.37. The van der Waals surface area contributed by atoms with Crippen LogP contribution >= 0.6 is 35.1 Å². The summed E-state index contributed by atoms with van der Waals surface area (Å²) >= 11 is 9.67. The highest BCUT2D eigenvalue weighted by Gasteiger charge is 2.52. The van der Waals surface area contributed by atoms with Crippen molar-refractivity contribution in [2.45, 2.75) is 65.3 Å². The highest BCUT2D eigenvalue weighted by Crippen LogP contribution is 2.50. The van der Waals surface area contributed by atoms with Gasteiger partial charge in [-0.3, -0.25) is 24.0 Å². The van der Waals surface area contributed by atoms with Crippen LogP contribution < -0.4 is 21.3 Å². The number of halogens is 1. The summed E-state index contributed by atoms with van der Waals surface area (Å²) < 4.78 is 3.31. The number of methoxy groups -OCH3 is 1. The summed E-state index contributed by atoms with van der Waals surface area (Å²) in [6, 6.07) is 65.4. The fraction of sp³-hybridized carbons (Fsp3) is 0.234. The lowest BCUT2D eigenvalue weighted by molar-refractivity contribution is -0.141. The van der Waals surface area contributed by atoms with Crippen LogP contribution in [0.4, 0.5) is 0 Å². The summed E-state index contributed by atoms with van der Waals surface area (Å²) in [5, 5.41) is 23.0. The van der Waals surface area contributed by atoms with Gasteiger partial charge in [0.05, 0.1) is 29.1 Å². The number of carbonyl (C=O) groups excluding carboxylic acids is 5. The number of carbonyl (C=O) groups is 5. The SMILES string of the molecule is COC(=O)CNC(=O)C1(NC(=O)[C@@H](CSC(c2ccccc2)(c2ccccc2)c2ccccc2)NC(=O)[C@@H](Cc2cccc(Cl)c2)NC(=O)C[C@H](O)C=CCCSC(c2ccccc2)(c2ccccc2)c2ccccc2)CC1. The van der Waals surface area contributed by atoms with Gasteiger partial charge in [-0.2, -0.15) is 0 Å². The molecule has 7 aromatic rings. The van der Waals surface area contributed by atoms with Gasteiger partial charge in [-0.05, 0) is 76.1 Å². The summed E-state index contributed by atoms with van der Waals surface area (Å²) in [6.07, 6.45) is 3.15. The number of amides is 4. The number of hydrogen-bond donors (Lipinski definition) is 5. The van der Waals surface area contributed by atoms with Gasteiger partial charge in [0, 0.05) is 17.2 Å². The van der Waals surface area contributed by atoms with Crippen molar-refractivity contribution in [2.75, 3.05) is 25.2 Å². The van der Waals surface area contributed by atoms with E-state index in [1.54, 1.807) is 42.1 Å². The third-order valence-electron chi connectivity index (χ3n) is 13.7. The maximum absolute atomic E-state index is 14.9. The molecule has 1 aliphatic rings. The van der Waals surface area contributed by atoms with E-state index in [4.69, 9.17) is 16.3 Å². The zero-order valence-electron chi connectivity index (χ0n) is 43.3. The molecule has 1 aliphatic carbocycles. The average Bonchev–Trinajstić information content (AvgIpc) is 4.39. The summed E-state index contributed by atoms with van der Waals surface area (Å²) in [5.41, 5.74) is 5.52. The Kier molecular flexibility index (Phi) is 19.8. The molecule has 4 amide bonds. The van der Waals surface area contributed by atoms with Crippen molar-refractivity contribution in [2.24, 2.45) is 0 Å². The highest BCUT2D eigenvalue weighted by atomic mass is 35.5. The van der Waals surface area contributed by atoms with Gasteiger partial charge in [-0.15, -0.1) is 23.5 Å². The topological polar surface area (TPSA) is 163 Å². The van der Waals surface area contributed by atoms with Gasteiger partial charge in [0.1, 0.15) is 24.2 Å². The standard InChI is InChI=1S/C64H63ClN4O7S2/c1-76-58(72)44-66-61(75)62(38-39-62)69-60(74)56(45-78-64(50-30-14-5-15-31-50,51-32-16-6-17-33-51)52-34-18-7-19-35-52)68-59(73)55(42-46-23-22-36-53(65)41-46)67-57(71)43-54(70)37-20-21-40-77-63(47-24-8-2-9-25-47,48-26-10-3-11-27-48)49-28-12-4-13-29-49/h2-20,22-37,41,54-56,70H,21,38-40,42-45H2,1H3,(H,66,75)(H,67,71)(H,68,73)(H,69,74)/t54-,55-,56-/m1/s1. The Hall–Kier alpha value is -7.42. The van der Waals surface area contributed by atoms with E-state index in [1.165, 1.54) is 18.9 Å². The maximum Gasteiger partial charge on any atom is 0.325 e. The third kappa shape index (κ3) is 14.2. The number of allylic oxidation sites excluding steroid dienone is 1. The maximum atomic E-state index is 14.9. The molecule has 0 aromatic heterocycles. The summed E-state index contributed by atoms with van der Waals surface area (Å²) in [4.78, 5) is 69.2. The normalized spacial score (nSPS) is 14.0. The second kappa shape index (κ2) is 27.3. The first-order chi connectivity index (χ1) is 38.0. The van der Waals surface area contributed by atoms with Gasteiger partial charge in [0.15, 0.2) is 0 Å². The van der Waals surface area contributed by atoms with E-state index in [0.717, 1.165) is 33.4 Å². The van der Waals surface area contributed by atoms with E-state index in [1.807, 2.05) is 152 Å². The van der Waals surface area contributed by atoms with Crippen molar-refractivity contribution in [3.63, 3.8) is 0 Å². The second-order valence-corrected chi connectivity index (χ2v) is 22.0. The molecule has 5 N–H and O–H groups in total. The summed E-state index contributed by atoms with van der Waals surface area (Å²) in [7, 11) is 1.22. The van der Waals surface area contributed by atoms with E-state index in [9.17, 15) is 29.1 Å². The predicted octanol–water partition coefficient (Wildman–Crippen LogP) is 9.94. The van der Waals surface area contributed by atoms with Gasteiger partial charge in [0.2, 0.25) is 23.6 Å². The fourth-order valence-corrected chi connectivity index (χ4v) is 12.8. The minimum atomic E-state index is -1.32. The highest BCUT2D eigenvalue weighted by molar-refractivity contribution is 8.00. The van der Waals surface area contributed by atoms with E-state index in [0.29, 0.717) is 35.6 Å². The molecular formula is C64H63ClN4O7S2. The Bertz CT molecular complexity index is 2920. The Balaban J connectivity index is 1.02. The first kappa shape index (κ1) is 56.8. The van der Waals surface area contributed by atoms with Gasteiger partial charge < -0.3 is 31.1 Å². The quantitative estimate of drug-likeness (QED) is 0.0154. The molecule has 11 nitrogen and oxygen atoms in total. The van der Waals surface area contributed by atoms with Crippen LogP contribution in [0, 0.1) is 0 Å². The lowest BCUT2D eigenvalue weighted by Crippen LogP contribution is -2.59. The molecule has 14 heteroatoms. The molecule has 3 atom stereocenters. The Morgan fingerprint density at radius 2 is 1.08 bits per heavy atom. The summed E-state index contributed by atoms with van der Waals surface area (Å²) in [5.74, 6) is -2.41. The number of ether oxygens (including phenoxy) is 1. The van der Waals surface area contributed by atoms with Crippen molar-refractivity contribution in [3.05, 3.63) is 262 Å². The molecule has 1 fully saturated rings. The molecule has 0 saturated heterocycles. The van der Waals surface area contributed by atoms with Crippen molar-refractivity contribution in [3.8, 4) is 0 Å². The molecular weight excluding hydrogens is 1040 g/mol. The molecule has 400 valence electrons. The van der Waals surface area contributed by atoms with Gasteiger partial charge in [-0.25, -0.2) is 0 Å². The molecule has 0 aliphatic heterocycles. The molecule has 0 bridgehead atoms. The van der Waals surface area contributed by atoms with Crippen LogP contribution in [0.15, 0.2) is 218 Å². The molecule has 0 unspecified atom stereocenters. The summed E-state index contributed by atoms with van der Waals surface area (Å²) in [6.45, 7) is -0.385. The molecule has 0 radical (unpaired) electrons. The zero-order chi connectivity index (χ0) is 54.8. The number of rotatable bonds is 26. The van der Waals surface area contributed by atoms with Crippen LogP contribution in [0.5, 0.6) is 0 Å². The molecule has 0 heterocycles. The smallest absolute Gasteiger partial charge is 0.325 e. The first-order valence-corrected chi connectivity index (χ1v) is 28.3. The Labute approximate surface area is 470 Å². The monoisotopic (exact) mass is 1100 g/mol. The van der Waals surface area contributed by atoms with Crippen molar-refractivity contribution < 1.29 is 33.8 Å². The average molecular weight is 1100 g/mol. The van der Waals surface area contributed by atoms with E-state index >= 15 is 0 Å². The molecule has 7 aromatic carbocycles. The second-order valence-electron chi connectivity index (χ2n) is 19.1. The van der Waals surface area contributed by atoms with E-state index in [-0.39, 0.29) is 25.1 Å². The van der Waals surface area contributed by atoms with Crippen LogP contribution in [0.2, 0.25) is 5.02 Å². The molecule has 1 saturated carbocycles. The zero-order valence-corrected chi connectivity index (χ0v) is 45.7. The number of aliphatic hydroxyl groups excluding tert-OH is 1. The fourth-order valence-electron chi connectivity index (χ4n) is 9.60. The number of nitrogens with one attached hydrogen (secondary N) is 4. The van der Waals surface area contributed by atoms with Crippen LogP contribution in [-0.4, -0.2) is 83.6 Å². The Morgan fingerprint density at radius 1 is 0.615 bits per heavy atom. The predicted molar refractivity (Wildman–Crippen MR) is 312 cm³/mol. The first-order valence-electron chi connectivity index (χ1n) is 25.9. The Morgan fingerprint density at radius 3 is 1.51 bits per heavy atom. The van der Waals surface area contributed by atoms with Crippen LogP contribution in [0.1, 0.15) is 64.6 Å². The van der Waals surface area contributed by atoms with Gasteiger partial charge >= 0.3 is 5.97 Å². The van der Waals surface area contributed by atoms with Gasteiger partial charge in [0.25, 0.3) is 0 Å². The number of benzene rings is 7. The van der Waals surface area contributed by atoms with Crippen LogP contribution in [0.3, 0.4) is 0 Å². The lowest BCUT2D eigenvalue weighted by atomic mass is 9.84. The van der Waals surface area contributed by atoms with E-state index in [2.05, 4.69) is 57.7 Å². The van der Waals surface area contributed by atoms with E-state index < -0.39 is 62.8 Å². The van der Waals surface area contributed by atoms with Crippen LogP contribution in [-0.2, 0) is 44.6 Å². The molecule has 78 heavy (non-hydrogen) atoms. The van der Waals surface area contributed by atoms with Gasteiger partial charge in [-0.1, -0.05) is 218 Å². The van der Waals surface area contributed by atoms with Crippen LogP contribution in [0.25, 0.3) is 0 Å². The van der Waals surface area contributed by atoms with Crippen molar-refractivity contribution >= 4 is 64.7 Å². The number of hydrogen-bond acceptors (Lipinski definition) is 9. The van der Waals surface area contributed by atoms with Crippen molar-refractivity contribution in [1.82, 2.24) is 21.3 Å². The minimum absolute atomic E-state index is 0.00108.